The fourth-order valence-corrected chi connectivity index (χ4v) is 2.05. The highest BCUT2D eigenvalue weighted by Gasteiger charge is 2.07. The van der Waals surface area contributed by atoms with Crippen LogP contribution in [0.25, 0.3) is 0 Å². The summed E-state index contributed by atoms with van der Waals surface area (Å²) in [6.07, 6.45) is 5.06. The van der Waals surface area contributed by atoms with Gasteiger partial charge >= 0.3 is 0 Å². The number of hydrogen-bond acceptors (Lipinski definition) is 4. The third kappa shape index (κ3) is 10.9. The lowest BCUT2D eigenvalue weighted by Gasteiger charge is -2.26. The predicted octanol–water partition coefficient (Wildman–Crippen LogP) is 2.54. The van der Waals surface area contributed by atoms with E-state index in [1.54, 1.807) is 0 Å². The summed E-state index contributed by atoms with van der Waals surface area (Å²) in [5.41, 5.74) is 0. The van der Waals surface area contributed by atoms with Crippen molar-refractivity contribution in [1.29, 1.82) is 0 Å². The molecule has 0 bridgehead atoms. The van der Waals surface area contributed by atoms with E-state index in [1.807, 2.05) is 0 Å². The van der Waals surface area contributed by atoms with Gasteiger partial charge in [-0.05, 0) is 32.5 Å². The molecule has 0 amide bonds. The molecule has 0 aromatic rings. The molecule has 0 spiro atoms. The third-order valence-corrected chi connectivity index (χ3v) is 3.43. The van der Waals surface area contributed by atoms with E-state index in [-0.39, 0.29) is 0 Å². The predicted molar refractivity (Wildman–Crippen MR) is 82.3 cm³/mol. The molecule has 19 heavy (non-hydrogen) atoms. The van der Waals surface area contributed by atoms with Gasteiger partial charge < -0.3 is 15.6 Å². The van der Waals surface area contributed by atoms with Crippen molar-refractivity contribution < 1.29 is 0 Å². The van der Waals surface area contributed by atoms with E-state index in [0.29, 0.717) is 6.54 Å². The van der Waals surface area contributed by atoms with Crippen LogP contribution in [0.2, 0.25) is 0 Å². The Morgan fingerprint density at radius 1 is 0.789 bits per heavy atom. The summed E-state index contributed by atoms with van der Waals surface area (Å²) >= 11 is 0. The molecule has 0 aromatic heterocycles. The summed E-state index contributed by atoms with van der Waals surface area (Å²) in [5, 5.41) is 7.19. The first-order valence-electron chi connectivity index (χ1n) is 7.79. The number of nitrogens with two attached hydrogens (primary N) is 1. The lowest BCUT2D eigenvalue weighted by molar-refractivity contribution is 0.208. The van der Waals surface area contributed by atoms with E-state index in [9.17, 15) is 0 Å². The highest BCUT2D eigenvalue weighted by molar-refractivity contribution is 4.63. The maximum absolute atomic E-state index is 5.05. The molecule has 0 unspecified atom stereocenters. The molecule has 2 N–H and O–H groups in total. The third-order valence-electron chi connectivity index (χ3n) is 3.43. The zero-order valence-corrected chi connectivity index (χ0v) is 13.1. The Hall–Kier alpha value is -0.680. The SMILES string of the molecule is CCCCN(CC)CCN(CCCC)CCN=NN. The van der Waals surface area contributed by atoms with Crippen LogP contribution in [0.15, 0.2) is 10.3 Å². The van der Waals surface area contributed by atoms with Gasteiger partial charge in [0, 0.05) is 19.6 Å². The summed E-state index contributed by atoms with van der Waals surface area (Å²) in [5.74, 6) is 5.05. The Morgan fingerprint density at radius 2 is 1.37 bits per heavy atom. The molecular formula is C14H33N5. The van der Waals surface area contributed by atoms with Crippen LogP contribution in [0.3, 0.4) is 0 Å². The molecule has 0 aliphatic rings. The largest absolute Gasteiger partial charge is 0.305 e. The van der Waals surface area contributed by atoms with E-state index < -0.39 is 0 Å². The number of likely N-dealkylation sites (N-methyl/N-ethyl adjacent to an activating group) is 1. The Balaban J connectivity index is 3.98. The molecule has 5 nitrogen and oxygen atoms in total. The molecule has 0 radical (unpaired) electrons. The van der Waals surface area contributed by atoms with Crippen LogP contribution < -0.4 is 5.84 Å². The molecule has 0 atom stereocenters. The van der Waals surface area contributed by atoms with Gasteiger partial charge in [0.15, 0.2) is 0 Å². The van der Waals surface area contributed by atoms with Gasteiger partial charge in [-0.25, -0.2) is 0 Å². The molecule has 5 heteroatoms. The number of rotatable bonds is 13. The first-order valence-corrected chi connectivity index (χ1v) is 7.79. The van der Waals surface area contributed by atoms with Gasteiger partial charge in [0.05, 0.1) is 6.54 Å². The minimum Gasteiger partial charge on any atom is -0.305 e. The topological polar surface area (TPSA) is 57.2 Å². The van der Waals surface area contributed by atoms with Gasteiger partial charge in [-0.1, -0.05) is 38.8 Å². The van der Waals surface area contributed by atoms with Gasteiger partial charge in [-0.3, -0.25) is 0 Å². The molecule has 0 saturated heterocycles. The highest BCUT2D eigenvalue weighted by Crippen LogP contribution is 1.99. The van der Waals surface area contributed by atoms with Crippen LogP contribution in [0.1, 0.15) is 46.5 Å². The molecule has 0 aromatic carbocycles. The average molecular weight is 271 g/mol. The van der Waals surface area contributed by atoms with E-state index in [2.05, 4.69) is 40.9 Å². The van der Waals surface area contributed by atoms with Gasteiger partial charge in [-0.2, -0.15) is 5.11 Å². The smallest absolute Gasteiger partial charge is 0.0747 e. The normalized spacial score (nSPS) is 12.1. The highest BCUT2D eigenvalue weighted by atomic mass is 15.3. The molecular weight excluding hydrogens is 238 g/mol. The first-order chi connectivity index (χ1) is 9.28. The van der Waals surface area contributed by atoms with E-state index in [4.69, 9.17) is 5.84 Å². The zero-order valence-electron chi connectivity index (χ0n) is 13.1. The van der Waals surface area contributed by atoms with Gasteiger partial charge in [0.2, 0.25) is 0 Å². The quantitative estimate of drug-likeness (QED) is 0.318. The second-order valence-electron chi connectivity index (χ2n) is 4.96. The Kier molecular flexibility index (Phi) is 13.3. The molecule has 0 fully saturated rings. The van der Waals surface area contributed by atoms with Crippen molar-refractivity contribution >= 4 is 0 Å². The number of nitrogens with zero attached hydrogens (tertiary/aromatic N) is 4. The minimum atomic E-state index is 0.710. The van der Waals surface area contributed by atoms with Crippen molar-refractivity contribution in [1.82, 2.24) is 9.80 Å². The summed E-state index contributed by atoms with van der Waals surface area (Å²) in [6.45, 7) is 14.2. The fourth-order valence-electron chi connectivity index (χ4n) is 2.05. The number of unbranched alkanes of at least 4 members (excludes halogenated alkanes) is 2. The van der Waals surface area contributed by atoms with Crippen LogP contribution in [-0.4, -0.2) is 55.6 Å². The maximum Gasteiger partial charge on any atom is 0.0747 e. The average Bonchev–Trinajstić information content (AvgIpc) is 2.44. The molecule has 0 saturated carbocycles. The lowest BCUT2D eigenvalue weighted by atomic mass is 10.3. The van der Waals surface area contributed by atoms with Gasteiger partial charge in [-0.15, -0.1) is 0 Å². The van der Waals surface area contributed by atoms with Crippen LogP contribution in [-0.2, 0) is 0 Å². The molecule has 0 aliphatic carbocycles. The Morgan fingerprint density at radius 3 is 1.89 bits per heavy atom. The number of hydrogen-bond donors (Lipinski definition) is 1. The molecule has 114 valence electrons. The van der Waals surface area contributed by atoms with Crippen molar-refractivity contribution in [3.8, 4) is 0 Å². The van der Waals surface area contributed by atoms with Gasteiger partial charge in [0.1, 0.15) is 0 Å². The van der Waals surface area contributed by atoms with Crippen molar-refractivity contribution in [2.24, 2.45) is 16.2 Å². The van der Waals surface area contributed by atoms with E-state index >= 15 is 0 Å². The fraction of sp³-hybridized carbons (Fsp3) is 1.00. The summed E-state index contributed by atoms with van der Waals surface area (Å²) < 4.78 is 0. The minimum absolute atomic E-state index is 0.710. The molecule has 0 rings (SSSR count). The lowest BCUT2D eigenvalue weighted by Crippen LogP contribution is -2.37. The summed E-state index contributed by atoms with van der Waals surface area (Å²) in [4.78, 5) is 5.01. The standard InChI is InChI=1S/C14H33N5/c1-4-7-10-18(6-3)13-14-19(11-8-5-2)12-9-16-17-15/h4-14H2,1-3H3,(H2,15,16). The molecule has 0 aliphatic heterocycles. The van der Waals surface area contributed by atoms with Gasteiger partial charge in [0.25, 0.3) is 0 Å². The van der Waals surface area contributed by atoms with Crippen molar-refractivity contribution in [2.75, 3.05) is 45.8 Å². The van der Waals surface area contributed by atoms with Crippen LogP contribution in [0.5, 0.6) is 0 Å². The van der Waals surface area contributed by atoms with Crippen molar-refractivity contribution in [3.63, 3.8) is 0 Å². The van der Waals surface area contributed by atoms with E-state index in [1.165, 1.54) is 32.2 Å². The Labute approximate surface area is 119 Å². The first kappa shape index (κ1) is 18.3. The van der Waals surface area contributed by atoms with Crippen LogP contribution in [0.4, 0.5) is 0 Å². The zero-order chi connectivity index (χ0) is 14.3. The van der Waals surface area contributed by atoms with Crippen molar-refractivity contribution in [3.05, 3.63) is 0 Å². The summed E-state index contributed by atoms with van der Waals surface area (Å²) in [6, 6.07) is 0. The van der Waals surface area contributed by atoms with Crippen molar-refractivity contribution in [2.45, 2.75) is 46.5 Å². The maximum atomic E-state index is 5.05. The molecule has 0 heterocycles. The van der Waals surface area contributed by atoms with Crippen LogP contribution in [0, 0.1) is 0 Å². The second kappa shape index (κ2) is 13.7. The van der Waals surface area contributed by atoms with E-state index in [0.717, 1.165) is 32.7 Å². The Bertz CT molecular complexity index is 208. The monoisotopic (exact) mass is 271 g/mol. The second-order valence-corrected chi connectivity index (χ2v) is 4.96. The van der Waals surface area contributed by atoms with Crippen LogP contribution >= 0.6 is 0 Å². The summed E-state index contributed by atoms with van der Waals surface area (Å²) in [7, 11) is 0.